The van der Waals surface area contributed by atoms with Crippen LogP contribution in [0.25, 0.3) is 11.3 Å². The summed E-state index contributed by atoms with van der Waals surface area (Å²) in [7, 11) is -17.6. The molecule has 558 valence electrons. The summed E-state index contributed by atoms with van der Waals surface area (Å²) in [6, 6.07) is 22.0. The molecule has 1 aliphatic carbocycles. The molecule has 2 aliphatic heterocycles. The molecule has 0 fully saturated rings. The fourth-order valence-electron chi connectivity index (χ4n) is 13.1. The van der Waals surface area contributed by atoms with Gasteiger partial charge >= 0.3 is 0 Å². The number of amides is 1. The van der Waals surface area contributed by atoms with E-state index < -0.39 is 68.7 Å². The van der Waals surface area contributed by atoms with Gasteiger partial charge in [-0.15, -0.1) is 0 Å². The fraction of sp³-hybridized carbons (Fsp3) is 0.500. The van der Waals surface area contributed by atoms with Crippen LogP contribution in [0.1, 0.15) is 147 Å². The number of nitrogens with zero attached hydrogens (tertiary/aromatic N) is 4. The average Bonchev–Trinajstić information content (AvgIpc) is 1.60. The maximum atomic E-state index is 13.0. The summed E-state index contributed by atoms with van der Waals surface area (Å²) in [6.07, 6.45) is 11.9. The Kier molecular flexibility index (Phi) is 27.9. The van der Waals surface area contributed by atoms with Gasteiger partial charge in [-0.3, -0.25) is 27.8 Å². The van der Waals surface area contributed by atoms with Gasteiger partial charge < -0.3 is 45.0 Å². The molecule has 0 saturated carbocycles. The largest absolute Gasteiger partial charge is 0.384 e. The van der Waals surface area contributed by atoms with Gasteiger partial charge in [-0.05, 0) is 161 Å². The lowest BCUT2D eigenvalue weighted by molar-refractivity contribution is -0.438. The van der Waals surface area contributed by atoms with Crippen LogP contribution in [0.4, 0.5) is 17.1 Å². The van der Waals surface area contributed by atoms with Gasteiger partial charge in [0, 0.05) is 85.9 Å². The predicted molar refractivity (Wildman–Crippen MR) is 390 cm³/mol. The van der Waals surface area contributed by atoms with Crippen LogP contribution in [0.15, 0.2) is 119 Å². The molecule has 30 heteroatoms. The van der Waals surface area contributed by atoms with E-state index in [0.29, 0.717) is 182 Å². The molecule has 0 saturated heterocycles. The van der Waals surface area contributed by atoms with Crippen molar-refractivity contribution in [3.8, 4) is 5.69 Å². The molecule has 3 aliphatic rings. The molecular weight excluding hydrogens is 1400 g/mol. The fourth-order valence-corrected chi connectivity index (χ4v) is 15.2. The minimum Gasteiger partial charge on any atom is -0.384 e. The molecule has 3 heterocycles. The van der Waals surface area contributed by atoms with Gasteiger partial charge in [0.1, 0.15) is 6.54 Å². The number of hydrogen-bond acceptors (Lipinski definition) is 19. The second kappa shape index (κ2) is 35.3. The molecule has 0 radical (unpaired) electrons. The van der Waals surface area contributed by atoms with E-state index in [2.05, 4.69) is 24.5 Å². The molecule has 4 aromatic carbocycles. The number of primary amides is 1. The molecule has 102 heavy (non-hydrogen) atoms. The lowest BCUT2D eigenvalue weighted by atomic mass is 9.75. The Labute approximate surface area is 599 Å². The van der Waals surface area contributed by atoms with E-state index in [4.69, 9.17) is 34.5 Å². The molecule has 8 N–H and O–H groups in total. The van der Waals surface area contributed by atoms with Gasteiger partial charge in [-0.2, -0.15) is 43.3 Å². The molecular formula is C72H98N7O19S4+. The molecule has 8 rings (SSSR count). The normalized spacial score (nSPS) is 16.3. The number of carbonyl (C=O) groups excluding carboxylic acids is 2. The van der Waals surface area contributed by atoms with Gasteiger partial charge in [-0.1, -0.05) is 58.0 Å². The maximum Gasteiger partial charge on any atom is 0.294 e. The third kappa shape index (κ3) is 22.3. The average molecular weight is 1490 g/mol. The first-order chi connectivity index (χ1) is 48.1. The second-order valence-corrected chi connectivity index (χ2v) is 33.5. The van der Waals surface area contributed by atoms with E-state index in [1.807, 2.05) is 98.7 Å². The third-order valence-corrected chi connectivity index (χ3v) is 21.6. The minimum absolute atomic E-state index is 0.0925. The van der Waals surface area contributed by atoms with Crippen LogP contribution < -0.4 is 21.3 Å². The van der Waals surface area contributed by atoms with Crippen LogP contribution in [-0.4, -0.2) is 187 Å². The maximum absolute atomic E-state index is 13.0. The van der Waals surface area contributed by atoms with Gasteiger partial charge in [0.05, 0.1) is 108 Å². The zero-order valence-corrected chi connectivity index (χ0v) is 62.4. The molecule has 5 aromatic rings. The Morgan fingerprint density at radius 1 is 0.647 bits per heavy atom. The summed E-state index contributed by atoms with van der Waals surface area (Å²) >= 11 is 0. The highest BCUT2D eigenvalue weighted by Crippen LogP contribution is 2.49. The lowest BCUT2D eigenvalue weighted by Crippen LogP contribution is -2.28. The SMILES string of the molecule is Cc1nn(-c2ccc(C(N)=O)c(NCCCOCCOCCOCCOCCOCCCNCc3ccc(C(=C\C=C4\N(CCCCS(=O)(=O)O)c5ccc(S(=O)(=O)O)cc5C4(C)C)/C=C/C4=[N+](CCCCCS(=O)(=O)O)c5ccc(S(=O)(=O)O)cc5C4(C)C)cc3)c2)c2c1C(=O)CC(C)(C)C2. The predicted octanol–water partition coefficient (Wildman–Crippen LogP) is 9.42. The summed E-state index contributed by atoms with van der Waals surface area (Å²) < 4.78 is 168. The van der Waals surface area contributed by atoms with E-state index in [9.17, 15) is 61.5 Å². The van der Waals surface area contributed by atoms with E-state index in [-0.39, 0.29) is 33.8 Å². The Bertz CT molecular complexity index is 4410. The third-order valence-electron chi connectivity index (χ3n) is 18.2. The monoisotopic (exact) mass is 1490 g/mol. The molecule has 0 unspecified atom stereocenters. The number of fused-ring (bicyclic) bond motifs is 3. The minimum atomic E-state index is -4.59. The van der Waals surface area contributed by atoms with Gasteiger partial charge in [0.2, 0.25) is 5.69 Å². The topological polar surface area (TPSA) is 372 Å². The number of unbranched alkanes of at least 4 members (excludes halogenated alkanes) is 3. The molecule has 26 nitrogen and oxygen atoms in total. The highest BCUT2D eigenvalue weighted by Gasteiger charge is 2.45. The van der Waals surface area contributed by atoms with Crippen molar-refractivity contribution in [2.24, 2.45) is 11.1 Å². The van der Waals surface area contributed by atoms with E-state index in [1.165, 1.54) is 24.3 Å². The van der Waals surface area contributed by atoms with Crippen molar-refractivity contribution in [1.29, 1.82) is 0 Å². The zero-order valence-electron chi connectivity index (χ0n) is 59.1. The smallest absolute Gasteiger partial charge is 0.294 e. The summed E-state index contributed by atoms with van der Waals surface area (Å²) in [6.45, 7) is 20.4. The number of rotatable bonds is 42. The second-order valence-electron chi connectivity index (χ2n) is 27.5. The molecule has 0 spiro atoms. The van der Waals surface area contributed by atoms with Crippen LogP contribution in [0.5, 0.6) is 0 Å². The first-order valence-electron chi connectivity index (χ1n) is 34.2. The number of nitrogens with one attached hydrogen (secondary N) is 2. The number of Topliss-reactive ketones (excluding diaryl/α,β-unsaturated/α-hetero) is 1. The van der Waals surface area contributed by atoms with Gasteiger partial charge in [0.25, 0.3) is 46.4 Å². The Morgan fingerprint density at radius 3 is 1.80 bits per heavy atom. The number of ether oxygens (including phenoxy) is 5. The van der Waals surface area contributed by atoms with Crippen molar-refractivity contribution in [2.75, 3.05) is 114 Å². The molecule has 0 atom stereocenters. The van der Waals surface area contributed by atoms with Gasteiger partial charge in [0.15, 0.2) is 11.5 Å². The van der Waals surface area contributed by atoms with E-state index in [1.54, 1.807) is 28.9 Å². The lowest BCUT2D eigenvalue weighted by Gasteiger charge is -2.29. The van der Waals surface area contributed by atoms with Crippen molar-refractivity contribution in [1.82, 2.24) is 15.1 Å². The number of benzene rings is 4. The first-order valence-corrected chi connectivity index (χ1v) is 40.3. The van der Waals surface area contributed by atoms with Crippen LogP contribution in [-0.2, 0) is 88.0 Å². The summed E-state index contributed by atoms with van der Waals surface area (Å²) in [5.74, 6) is -1.31. The van der Waals surface area contributed by atoms with Crippen molar-refractivity contribution in [3.05, 3.63) is 154 Å². The van der Waals surface area contributed by atoms with Crippen molar-refractivity contribution in [2.45, 2.75) is 133 Å². The van der Waals surface area contributed by atoms with Crippen LogP contribution >= 0.6 is 0 Å². The van der Waals surface area contributed by atoms with Crippen molar-refractivity contribution in [3.63, 3.8) is 0 Å². The number of aromatic nitrogens is 2. The molecule has 1 amide bonds. The number of hydrogen-bond donors (Lipinski definition) is 7. The molecule has 0 bridgehead atoms. The Morgan fingerprint density at radius 2 is 1.22 bits per heavy atom. The molecule has 1 aromatic heterocycles. The number of nitrogens with two attached hydrogens (primary N) is 1. The Hall–Kier alpha value is -6.88. The quantitative estimate of drug-likeness (QED) is 0.00827. The zero-order chi connectivity index (χ0) is 74.3. The highest BCUT2D eigenvalue weighted by atomic mass is 32.2. The highest BCUT2D eigenvalue weighted by molar-refractivity contribution is 7.86. The summed E-state index contributed by atoms with van der Waals surface area (Å²) in [5.41, 5.74) is 14.3. The van der Waals surface area contributed by atoms with E-state index >= 15 is 0 Å². The Balaban J connectivity index is 0.793. The summed E-state index contributed by atoms with van der Waals surface area (Å²) in [5, 5.41) is 11.5. The summed E-state index contributed by atoms with van der Waals surface area (Å²) in [4.78, 5) is 26.7. The number of ketones is 1. The van der Waals surface area contributed by atoms with Crippen molar-refractivity contribution >= 4 is 80.5 Å². The number of allylic oxidation sites excluding steroid dienone is 6. The first kappa shape index (κ1) is 80.8. The number of anilines is 2. The van der Waals surface area contributed by atoms with E-state index in [0.717, 1.165) is 45.9 Å². The number of aryl methyl sites for hydroxylation is 1. The van der Waals surface area contributed by atoms with Crippen LogP contribution in [0.3, 0.4) is 0 Å². The van der Waals surface area contributed by atoms with Gasteiger partial charge in [-0.25, -0.2) is 4.68 Å². The van der Waals surface area contributed by atoms with Crippen LogP contribution in [0, 0.1) is 12.3 Å². The van der Waals surface area contributed by atoms with Crippen LogP contribution in [0.2, 0.25) is 0 Å². The number of carbonyl (C=O) groups is 2. The van der Waals surface area contributed by atoms with Crippen molar-refractivity contribution < 1.29 is 89.7 Å². The standard InChI is InChI=1S/C72H97N7O19S4/c1-51-68-64(48-70(2,3)49-65(68)80)79(76-51)55-21-24-58(69(73)81)61(45-55)75-30-14-34-95-36-38-97-40-42-98-41-39-96-37-35-94-33-13-29-74-50-52-15-17-53(18-16-52)54(20-28-67-72(6,7)60-47-57(102(91,92)93)23-26-63(60)78(67)32-10-12-44-100(85,86)87)19-27-66-71(4,5)59-46-56(101(88,89)90)22-25-62(59)77(66)31-9-8-11-43-99(82,83)84/h15-28,45-47,74H,8-14,29-44,48-50H2,1-7H3,(H6-,73,75,81,82,83,84,85,86,87,88,89,90,91,92,93)/p+1.